The van der Waals surface area contributed by atoms with E-state index in [0.717, 1.165) is 17.9 Å². The van der Waals surface area contributed by atoms with Crippen molar-refractivity contribution in [3.63, 3.8) is 0 Å². The molecule has 0 unspecified atom stereocenters. The van der Waals surface area contributed by atoms with Crippen LogP contribution in [0.15, 0.2) is 15.8 Å². The number of aromatic amines is 3. The predicted molar refractivity (Wildman–Crippen MR) is 82.7 cm³/mol. The van der Waals surface area contributed by atoms with Gasteiger partial charge in [0.05, 0.1) is 11.6 Å². The number of H-pyrrole nitrogens is 3. The molecular formula is C13H18N4O3S. The molecule has 2 aromatic heterocycles. The fraction of sp³-hybridized carbons (Fsp3) is 0.538. The number of likely N-dealkylation sites (tertiary alicyclic amines) is 1. The Labute approximate surface area is 124 Å². The van der Waals surface area contributed by atoms with Crippen LogP contribution in [0.3, 0.4) is 0 Å². The van der Waals surface area contributed by atoms with Crippen LogP contribution >= 0.6 is 11.8 Å². The van der Waals surface area contributed by atoms with Crippen LogP contribution in [0.4, 0.5) is 0 Å². The van der Waals surface area contributed by atoms with Crippen LogP contribution in [0.5, 0.6) is 0 Å². The average molecular weight is 310 g/mol. The van der Waals surface area contributed by atoms with E-state index in [1.54, 1.807) is 18.0 Å². The fourth-order valence-electron chi connectivity index (χ4n) is 2.91. The molecule has 3 rings (SSSR count). The van der Waals surface area contributed by atoms with Crippen molar-refractivity contribution in [2.75, 3.05) is 25.1 Å². The zero-order chi connectivity index (χ0) is 15.0. The summed E-state index contributed by atoms with van der Waals surface area (Å²) in [7, 11) is 0. The highest BCUT2D eigenvalue weighted by Crippen LogP contribution is 2.23. The minimum Gasteiger partial charge on any atom is -0.391 e. The minimum atomic E-state index is -0.505. The molecule has 0 radical (unpaired) electrons. The highest BCUT2D eigenvalue weighted by molar-refractivity contribution is 7.98. The van der Waals surface area contributed by atoms with Gasteiger partial charge in [-0.05, 0) is 12.0 Å². The van der Waals surface area contributed by atoms with Crippen molar-refractivity contribution >= 4 is 22.8 Å². The number of rotatable bonds is 4. The third kappa shape index (κ3) is 2.78. The van der Waals surface area contributed by atoms with Crippen LogP contribution < -0.4 is 11.2 Å². The van der Waals surface area contributed by atoms with E-state index < -0.39 is 11.2 Å². The molecule has 7 nitrogen and oxygen atoms in total. The number of nitrogens with one attached hydrogen (secondary N) is 3. The van der Waals surface area contributed by atoms with Crippen LogP contribution in [0.25, 0.3) is 11.0 Å². The second kappa shape index (κ2) is 5.70. The summed E-state index contributed by atoms with van der Waals surface area (Å²) in [5.74, 6) is 1.20. The van der Waals surface area contributed by atoms with E-state index in [2.05, 4.69) is 19.9 Å². The van der Waals surface area contributed by atoms with Crippen molar-refractivity contribution in [2.45, 2.75) is 12.6 Å². The first kappa shape index (κ1) is 14.4. The molecule has 2 aromatic rings. The molecule has 2 atom stereocenters. The molecule has 0 aromatic carbocycles. The van der Waals surface area contributed by atoms with Crippen LogP contribution in [-0.4, -0.2) is 56.2 Å². The SMILES string of the molecule is CSC[C@@H]1CN(Cc2c[nH]c3c(=O)[nH]c(=O)[nH]c23)C[C@H]1O. The number of aliphatic hydroxyl groups is 1. The van der Waals surface area contributed by atoms with E-state index in [0.29, 0.717) is 24.1 Å². The van der Waals surface area contributed by atoms with Crippen molar-refractivity contribution in [3.05, 3.63) is 32.6 Å². The van der Waals surface area contributed by atoms with E-state index in [1.807, 2.05) is 6.26 Å². The molecule has 21 heavy (non-hydrogen) atoms. The number of thioether (sulfide) groups is 1. The second-order valence-electron chi connectivity index (χ2n) is 5.45. The van der Waals surface area contributed by atoms with Crippen molar-refractivity contribution < 1.29 is 5.11 Å². The van der Waals surface area contributed by atoms with Gasteiger partial charge >= 0.3 is 5.69 Å². The van der Waals surface area contributed by atoms with Crippen molar-refractivity contribution in [2.24, 2.45) is 5.92 Å². The average Bonchev–Trinajstić information content (AvgIpc) is 2.96. The van der Waals surface area contributed by atoms with Crippen molar-refractivity contribution in [1.29, 1.82) is 0 Å². The number of nitrogens with zero attached hydrogens (tertiary/aromatic N) is 1. The number of fused-ring (bicyclic) bond motifs is 1. The monoisotopic (exact) mass is 310 g/mol. The molecule has 1 fully saturated rings. The minimum absolute atomic E-state index is 0.271. The Bertz CT molecular complexity index is 750. The number of hydrogen-bond donors (Lipinski definition) is 4. The van der Waals surface area contributed by atoms with Gasteiger partial charge in [-0.25, -0.2) is 4.79 Å². The first-order chi connectivity index (χ1) is 10.1. The third-order valence-electron chi connectivity index (χ3n) is 3.91. The molecule has 0 bridgehead atoms. The fourth-order valence-corrected chi connectivity index (χ4v) is 3.67. The van der Waals surface area contributed by atoms with Gasteiger partial charge in [-0.3, -0.25) is 14.7 Å². The molecule has 0 spiro atoms. The quantitative estimate of drug-likeness (QED) is 0.620. The maximum atomic E-state index is 11.7. The van der Waals surface area contributed by atoms with Gasteiger partial charge in [0.2, 0.25) is 0 Å². The first-order valence-electron chi connectivity index (χ1n) is 6.80. The highest BCUT2D eigenvalue weighted by atomic mass is 32.2. The topological polar surface area (TPSA) is 105 Å². The Morgan fingerprint density at radius 2 is 2.14 bits per heavy atom. The van der Waals surface area contributed by atoms with Gasteiger partial charge in [0, 0.05) is 37.3 Å². The van der Waals surface area contributed by atoms with Gasteiger partial charge in [-0.2, -0.15) is 11.8 Å². The Balaban J connectivity index is 1.83. The molecular weight excluding hydrogens is 292 g/mol. The second-order valence-corrected chi connectivity index (χ2v) is 6.36. The van der Waals surface area contributed by atoms with Gasteiger partial charge < -0.3 is 15.1 Å². The van der Waals surface area contributed by atoms with Crippen molar-refractivity contribution in [1.82, 2.24) is 19.9 Å². The summed E-state index contributed by atoms with van der Waals surface area (Å²) in [5, 5.41) is 10.0. The lowest BCUT2D eigenvalue weighted by Crippen LogP contribution is -2.23. The molecule has 1 aliphatic heterocycles. The Hall–Kier alpha value is -1.51. The zero-order valence-electron chi connectivity index (χ0n) is 11.7. The summed E-state index contributed by atoms with van der Waals surface area (Å²) in [6.07, 6.45) is 3.46. The molecule has 0 saturated carbocycles. The maximum absolute atomic E-state index is 11.7. The van der Waals surface area contributed by atoms with Crippen LogP contribution in [-0.2, 0) is 6.54 Å². The summed E-state index contributed by atoms with van der Waals surface area (Å²) in [4.78, 5) is 33.0. The molecule has 0 aliphatic carbocycles. The molecule has 114 valence electrons. The van der Waals surface area contributed by atoms with Crippen LogP contribution in [0.2, 0.25) is 0 Å². The zero-order valence-corrected chi connectivity index (χ0v) is 12.5. The normalized spacial score (nSPS) is 23.1. The van der Waals surface area contributed by atoms with Crippen LogP contribution in [0.1, 0.15) is 5.56 Å². The van der Waals surface area contributed by atoms with Crippen LogP contribution in [0, 0.1) is 5.92 Å². The molecule has 4 N–H and O–H groups in total. The number of hydrogen-bond acceptors (Lipinski definition) is 5. The third-order valence-corrected chi connectivity index (χ3v) is 4.67. The van der Waals surface area contributed by atoms with Gasteiger partial charge in [0.1, 0.15) is 5.52 Å². The Kier molecular flexibility index (Phi) is 3.92. The smallest absolute Gasteiger partial charge is 0.326 e. The molecule has 1 aliphatic rings. The molecule has 8 heteroatoms. The van der Waals surface area contributed by atoms with E-state index in [-0.39, 0.29) is 12.0 Å². The van der Waals surface area contributed by atoms with E-state index >= 15 is 0 Å². The van der Waals surface area contributed by atoms with Gasteiger partial charge in [-0.15, -0.1) is 0 Å². The van der Waals surface area contributed by atoms with Crippen molar-refractivity contribution in [3.8, 4) is 0 Å². The van der Waals surface area contributed by atoms with E-state index in [4.69, 9.17) is 0 Å². The molecule has 0 amide bonds. The summed E-state index contributed by atoms with van der Waals surface area (Å²) in [6, 6.07) is 0. The van der Waals surface area contributed by atoms with E-state index in [1.165, 1.54) is 0 Å². The Morgan fingerprint density at radius 1 is 1.33 bits per heavy atom. The lowest BCUT2D eigenvalue weighted by atomic mass is 10.1. The standard InChI is InChI=1S/C13H18N4O3S/c1-21-6-8-4-17(5-9(8)18)3-7-2-14-11-10(7)15-13(20)16-12(11)19/h2,8-9,14,18H,3-6H2,1H3,(H2,15,16,19,20)/t8-,9+/m0/s1. The lowest BCUT2D eigenvalue weighted by Gasteiger charge is -2.14. The molecule has 1 saturated heterocycles. The van der Waals surface area contributed by atoms with E-state index in [9.17, 15) is 14.7 Å². The summed E-state index contributed by atoms with van der Waals surface area (Å²) < 4.78 is 0. The summed E-state index contributed by atoms with van der Waals surface area (Å²) in [6.45, 7) is 2.04. The lowest BCUT2D eigenvalue weighted by molar-refractivity contribution is 0.149. The maximum Gasteiger partial charge on any atom is 0.326 e. The van der Waals surface area contributed by atoms with Gasteiger partial charge in [0.25, 0.3) is 5.56 Å². The van der Waals surface area contributed by atoms with Gasteiger partial charge in [0.15, 0.2) is 0 Å². The number of aromatic nitrogens is 3. The predicted octanol–water partition coefficient (Wildman–Crippen LogP) is -0.300. The Morgan fingerprint density at radius 3 is 2.90 bits per heavy atom. The highest BCUT2D eigenvalue weighted by Gasteiger charge is 2.31. The number of aliphatic hydroxyl groups excluding tert-OH is 1. The first-order valence-corrected chi connectivity index (χ1v) is 8.19. The summed E-state index contributed by atoms with van der Waals surface area (Å²) >= 11 is 1.73. The molecule has 3 heterocycles. The van der Waals surface area contributed by atoms with Gasteiger partial charge in [-0.1, -0.05) is 0 Å². The summed E-state index contributed by atoms with van der Waals surface area (Å²) in [5.41, 5.74) is 0.874. The number of β-amino-alcohol motifs (C(OH)–C–C–N with tert-alkyl or cyclic N) is 1. The largest absolute Gasteiger partial charge is 0.391 e.